The summed E-state index contributed by atoms with van der Waals surface area (Å²) in [6, 6.07) is 2.38. The van der Waals surface area contributed by atoms with Gasteiger partial charge >= 0.3 is 23.9 Å². The van der Waals surface area contributed by atoms with Crippen LogP contribution in [0.4, 0.5) is 0 Å². The lowest BCUT2D eigenvalue weighted by atomic mass is 9.90. The zero-order valence-electron chi connectivity index (χ0n) is 42.9. The molecule has 1 fully saturated rings. The Labute approximate surface area is 443 Å². The standard InChI is InChI=1S/C50H71N9O18/c1-32(42(65)24-35(22-37-27-51-31-52-37)48(73)54-39(29-62)43(66)25-34(21-33-5-3-2-4-6-33)47(72)55-40(30-63)49(74)75)53-46(71)36(26-44(67)68)23-38(64)7-8-41(50(76)77)59-15-13-57(18-20-61)10-9-56(17-19-60)11-12-58(14-16-59)28-45(69)70/h2-6,19-20,27,31-32,34-36,39-41,62-63H,7-18,21-26,28-30H2,1H3,(H,51,52)(H,53,71)(H,54,73)(H,55,72)(H,67,68)(H,69,70)(H,74,75)(H,76,77)/t32-,34+,35+,36-,39-,40-,41?/m0/s1. The Morgan fingerprint density at radius 3 is 1.68 bits per heavy atom. The van der Waals surface area contributed by atoms with E-state index in [1.54, 1.807) is 45.0 Å². The highest BCUT2D eigenvalue weighted by Gasteiger charge is 2.35. The smallest absolute Gasteiger partial charge is 0.328 e. The van der Waals surface area contributed by atoms with Gasteiger partial charge in [-0.05, 0) is 25.3 Å². The molecular weight excluding hydrogens is 1010 g/mol. The molecule has 2 heterocycles. The maximum Gasteiger partial charge on any atom is 0.328 e. The van der Waals surface area contributed by atoms with Gasteiger partial charge in [0.15, 0.2) is 11.6 Å². The number of imidazole rings is 1. The van der Waals surface area contributed by atoms with Crippen LogP contribution in [0.2, 0.25) is 0 Å². The van der Waals surface area contributed by atoms with Crippen molar-refractivity contribution >= 4 is 71.5 Å². The lowest BCUT2D eigenvalue weighted by Crippen LogP contribution is -2.51. The number of H-pyrrole nitrogens is 1. The molecule has 1 aliphatic heterocycles. The van der Waals surface area contributed by atoms with Crippen LogP contribution < -0.4 is 16.0 Å². The Bertz CT molecular complexity index is 2300. The van der Waals surface area contributed by atoms with Gasteiger partial charge in [0.05, 0.1) is 63.5 Å². The fourth-order valence-corrected chi connectivity index (χ4v) is 8.68. The predicted molar refractivity (Wildman–Crippen MR) is 269 cm³/mol. The number of aliphatic hydroxyl groups is 2. The SMILES string of the molecule is C[C@H](NC(=O)[C@H](CC(=O)O)CC(=O)CCC(C(=O)O)N1CCN(CC=O)CCN(CC=O)CCN(CC(=O)O)CC1)C(=O)C[C@@H](Cc1cnc[nH]1)C(=O)N[C@@H](CO)C(=O)C[C@@H](Cc1ccccc1)C(=O)N[C@@H](CO)C(=O)O. The van der Waals surface area contributed by atoms with Crippen molar-refractivity contribution in [3.8, 4) is 0 Å². The topological polar surface area (TPSA) is 404 Å². The number of aliphatic hydroxyl groups excluding tert-OH is 2. The molecular formula is C50H71N9O18. The minimum absolute atomic E-state index is 0.00478. The second-order valence-corrected chi connectivity index (χ2v) is 18.8. The first-order valence-corrected chi connectivity index (χ1v) is 25.1. The molecule has 424 valence electrons. The highest BCUT2D eigenvalue weighted by Crippen LogP contribution is 2.20. The zero-order valence-corrected chi connectivity index (χ0v) is 42.9. The lowest BCUT2D eigenvalue weighted by molar-refractivity contribution is -0.145. The normalized spacial score (nSPS) is 17.0. The second-order valence-electron chi connectivity index (χ2n) is 18.8. The summed E-state index contributed by atoms with van der Waals surface area (Å²) < 4.78 is 0. The summed E-state index contributed by atoms with van der Waals surface area (Å²) in [5.74, 6) is -14.5. The molecule has 0 spiro atoms. The number of aldehydes is 2. The van der Waals surface area contributed by atoms with Gasteiger partial charge in [-0.2, -0.15) is 0 Å². The van der Waals surface area contributed by atoms with E-state index in [-0.39, 0.29) is 71.6 Å². The maximum absolute atomic E-state index is 13.9. The van der Waals surface area contributed by atoms with Gasteiger partial charge in [0.25, 0.3) is 0 Å². The molecule has 1 saturated heterocycles. The van der Waals surface area contributed by atoms with E-state index in [0.29, 0.717) is 37.2 Å². The number of amides is 3. The molecule has 0 saturated carbocycles. The van der Waals surface area contributed by atoms with Crippen LogP contribution in [0.15, 0.2) is 42.9 Å². The van der Waals surface area contributed by atoms with Crippen LogP contribution in [0.1, 0.15) is 56.7 Å². The van der Waals surface area contributed by atoms with Gasteiger partial charge in [-0.3, -0.25) is 62.8 Å². The van der Waals surface area contributed by atoms with Crippen LogP contribution in [-0.4, -0.2) is 241 Å². The highest BCUT2D eigenvalue weighted by molar-refractivity contribution is 5.97. The van der Waals surface area contributed by atoms with E-state index >= 15 is 0 Å². The van der Waals surface area contributed by atoms with Gasteiger partial charge in [0.1, 0.15) is 36.5 Å². The van der Waals surface area contributed by atoms with Crippen molar-refractivity contribution in [2.75, 3.05) is 85.2 Å². The number of benzene rings is 1. The van der Waals surface area contributed by atoms with Crippen LogP contribution >= 0.6 is 0 Å². The van der Waals surface area contributed by atoms with Crippen molar-refractivity contribution in [1.82, 2.24) is 45.5 Å². The van der Waals surface area contributed by atoms with Crippen LogP contribution in [0, 0.1) is 17.8 Å². The summed E-state index contributed by atoms with van der Waals surface area (Å²) in [4.78, 5) is 166. The van der Waals surface area contributed by atoms with Gasteiger partial charge in [0, 0.05) is 102 Å². The number of carboxylic acid groups (broad SMARTS) is 4. The molecule has 10 N–H and O–H groups in total. The highest BCUT2D eigenvalue weighted by atomic mass is 16.4. The molecule has 27 nitrogen and oxygen atoms in total. The third-order valence-electron chi connectivity index (χ3n) is 13.1. The minimum Gasteiger partial charge on any atom is -0.481 e. The number of hydrogen-bond donors (Lipinski definition) is 10. The number of hydrogen-bond acceptors (Lipinski definition) is 19. The van der Waals surface area contributed by atoms with E-state index in [9.17, 15) is 88.2 Å². The molecule has 0 bridgehead atoms. The number of aliphatic carboxylic acids is 4. The molecule has 0 radical (unpaired) electrons. The molecule has 1 aliphatic rings. The second kappa shape index (κ2) is 33.8. The summed E-state index contributed by atoms with van der Waals surface area (Å²) in [6.45, 7) is 0.688. The molecule has 1 aromatic carbocycles. The molecule has 1 unspecified atom stereocenters. The van der Waals surface area contributed by atoms with Crippen LogP contribution in [0.3, 0.4) is 0 Å². The number of carbonyl (C=O) groups is 12. The monoisotopic (exact) mass is 1090 g/mol. The summed E-state index contributed by atoms with van der Waals surface area (Å²) in [7, 11) is 0. The van der Waals surface area contributed by atoms with Gasteiger partial charge in [-0.1, -0.05) is 30.3 Å². The Morgan fingerprint density at radius 2 is 1.16 bits per heavy atom. The number of carbonyl (C=O) groups excluding carboxylic acids is 8. The van der Waals surface area contributed by atoms with Crippen molar-refractivity contribution in [3.63, 3.8) is 0 Å². The molecule has 3 rings (SSSR count). The van der Waals surface area contributed by atoms with E-state index in [1.807, 2.05) is 4.90 Å². The van der Waals surface area contributed by atoms with Crippen LogP contribution in [-0.2, 0) is 70.4 Å². The molecule has 1 aromatic heterocycles. The number of nitrogens with one attached hydrogen (secondary N) is 4. The molecule has 0 aliphatic carbocycles. The van der Waals surface area contributed by atoms with Gasteiger partial charge in [0.2, 0.25) is 17.7 Å². The average Bonchev–Trinajstić information content (AvgIpc) is 3.90. The number of carboxylic acids is 4. The van der Waals surface area contributed by atoms with E-state index in [2.05, 4.69) is 25.9 Å². The predicted octanol–water partition coefficient (Wildman–Crippen LogP) is -3.12. The van der Waals surface area contributed by atoms with Gasteiger partial charge in [-0.25, -0.2) is 9.78 Å². The fourth-order valence-electron chi connectivity index (χ4n) is 8.68. The van der Waals surface area contributed by atoms with E-state index < -0.39 is 146 Å². The van der Waals surface area contributed by atoms with Crippen molar-refractivity contribution in [2.24, 2.45) is 17.8 Å². The van der Waals surface area contributed by atoms with Crippen molar-refractivity contribution in [2.45, 2.75) is 82.5 Å². The Hall–Kier alpha value is -7.17. The summed E-state index contributed by atoms with van der Waals surface area (Å²) in [6.07, 6.45) is 0.381. The maximum atomic E-state index is 13.9. The van der Waals surface area contributed by atoms with E-state index in [4.69, 9.17) is 0 Å². The fraction of sp³-hybridized carbons (Fsp3) is 0.580. The van der Waals surface area contributed by atoms with Crippen molar-refractivity contribution in [1.29, 1.82) is 0 Å². The Morgan fingerprint density at radius 1 is 0.623 bits per heavy atom. The quantitative estimate of drug-likeness (QED) is 0.0310. The molecule has 2 aromatic rings. The van der Waals surface area contributed by atoms with Crippen LogP contribution in [0.25, 0.3) is 0 Å². The number of Topliss-reactive ketones (excluding diaryl/α,β-unsaturated/α-hetero) is 3. The number of nitrogens with zero attached hydrogens (tertiary/aromatic N) is 5. The Kier molecular flexibility index (Phi) is 28.1. The first kappa shape index (κ1) is 64.1. The summed E-state index contributed by atoms with van der Waals surface area (Å²) >= 11 is 0. The van der Waals surface area contributed by atoms with E-state index in [0.717, 1.165) is 6.29 Å². The molecule has 3 amide bonds. The third kappa shape index (κ3) is 23.3. The third-order valence-corrected chi connectivity index (χ3v) is 13.1. The van der Waals surface area contributed by atoms with Crippen molar-refractivity contribution in [3.05, 3.63) is 54.1 Å². The minimum atomic E-state index is -1.69. The zero-order chi connectivity index (χ0) is 57.0. The van der Waals surface area contributed by atoms with Crippen LogP contribution in [0.5, 0.6) is 0 Å². The summed E-state index contributed by atoms with van der Waals surface area (Å²) in [5, 5.41) is 65.9. The average molecular weight is 1090 g/mol. The summed E-state index contributed by atoms with van der Waals surface area (Å²) in [5.41, 5.74) is 0.961. The largest absolute Gasteiger partial charge is 0.481 e. The Balaban J connectivity index is 1.74. The van der Waals surface area contributed by atoms with Gasteiger partial charge in [-0.15, -0.1) is 0 Å². The number of aromatic amines is 1. The number of rotatable bonds is 34. The lowest BCUT2D eigenvalue weighted by Gasteiger charge is -2.35. The number of ketones is 3. The molecule has 77 heavy (non-hydrogen) atoms. The van der Waals surface area contributed by atoms with Crippen molar-refractivity contribution < 1.29 is 88.2 Å². The van der Waals surface area contributed by atoms with Gasteiger partial charge < -0.3 is 61.2 Å². The molecule has 27 heteroatoms. The number of aromatic nitrogens is 2. The van der Waals surface area contributed by atoms with E-state index in [1.165, 1.54) is 19.4 Å². The first-order valence-electron chi connectivity index (χ1n) is 25.1. The molecule has 7 atom stereocenters. The first-order chi connectivity index (χ1) is 36.7.